The number of hydrogen-bond donors (Lipinski definition) is 4. The second-order valence-corrected chi connectivity index (χ2v) is 10.4. The summed E-state index contributed by atoms with van der Waals surface area (Å²) >= 11 is 6.22. The predicted molar refractivity (Wildman–Crippen MR) is 166 cm³/mol. The van der Waals surface area contributed by atoms with Crippen LogP contribution in [0.25, 0.3) is 44.3 Å². The smallest absolute Gasteiger partial charge is 0.354 e. The Balaban J connectivity index is 1.61. The predicted octanol–water partition coefficient (Wildman–Crippen LogP) is 6.27. The topological polar surface area (TPSA) is 176 Å². The van der Waals surface area contributed by atoms with Crippen LogP contribution >= 0.6 is 11.6 Å². The molecule has 0 saturated heterocycles. The molecule has 2 aliphatic rings. The second kappa shape index (κ2) is 11.3. The molecular formula is C33H21ClN2O9. The SMILES string of the molecule is COC(=O)c1ccc(C(=O)O)c(-c2c3cc(Cl)c(=O)cc-3oc3c(CNc4cccc5ccc(C(=O)O)nc45)c(O)ccc23)c1. The number of phenolic OH excluding ortho intramolecular Hbond substituents is 1. The van der Waals surface area contributed by atoms with Gasteiger partial charge in [-0.25, -0.2) is 19.4 Å². The number of carbonyl (C=O) groups excluding carboxylic acids is 1. The number of hydrogen-bond acceptors (Lipinski definition) is 9. The molecule has 1 aliphatic heterocycles. The number of aromatic hydroxyl groups is 1. The van der Waals surface area contributed by atoms with Crippen molar-refractivity contribution in [2.75, 3.05) is 12.4 Å². The van der Waals surface area contributed by atoms with Crippen LogP contribution in [0.1, 0.15) is 36.8 Å². The van der Waals surface area contributed by atoms with Gasteiger partial charge in [-0.1, -0.05) is 29.8 Å². The third kappa shape index (κ3) is 5.15. The molecule has 0 saturated carbocycles. The van der Waals surface area contributed by atoms with E-state index in [-0.39, 0.29) is 62.2 Å². The number of carboxylic acid groups (broad SMARTS) is 2. The highest BCUT2D eigenvalue weighted by molar-refractivity contribution is 6.31. The number of aromatic nitrogens is 1. The van der Waals surface area contributed by atoms with Crippen LogP contribution < -0.4 is 10.7 Å². The molecule has 6 rings (SSSR count). The number of esters is 1. The largest absolute Gasteiger partial charge is 0.507 e. The number of phenols is 1. The van der Waals surface area contributed by atoms with E-state index in [1.54, 1.807) is 24.3 Å². The summed E-state index contributed by atoms with van der Waals surface area (Å²) in [6.45, 7) is -0.0540. The molecule has 4 aromatic rings. The van der Waals surface area contributed by atoms with Gasteiger partial charge in [0, 0.05) is 34.5 Å². The van der Waals surface area contributed by atoms with Crippen molar-refractivity contribution in [3.63, 3.8) is 0 Å². The fourth-order valence-electron chi connectivity index (χ4n) is 5.24. The van der Waals surface area contributed by atoms with E-state index < -0.39 is 23.3 Å². The van der Waals surface area contributed by atoms with Gasteiger partial charge in [0.1, 0.15) is 22.8 Å². The second-order valence-electron chi connectivity index (χ2n) is 9.99. The molecule has 4 N–H and O–H groups in total. The highest BCUT2D eigenvalue weighted by Crippen LogP contribution is 2.44. The van der Waals surface area contributed by atoms with Crippen LogP contribution in [0.2, 0.25) is 5.02 Å². The van der Waals surface area contributed by atoms with Gasteiger partial charge in [-0.15, -0.1) is 0 Å². The van der Waals surface area contributed by atoms with E-state index >= 15 is 0 Å². The van der Waals surface area contributed by atoms with Gasteiger partial charge in [0.15, 0.2) is 0 Å². The van der Waals surface area contributed by atoms with E-state index in [0.717, 1.165) is 6.07 Å². The lowest BCUT2D eigenvalue weighted by Crippen LogP contribution is -2.08. The van der Waals surface area contributed by atoms with Gasteiger partial charge in [-0.3, -0.25) is 4.79 Å². The summed E-state index contributed by atoms with van der Waals surface area (Å²) in [7, 11) is 1.20. The standard InChI is InChI=1S/C33H21ClN2O9/c1-44-33(43)16-5-7-17(31(39)40)19(11-16)28-18-8-10-25(37)21(30(18)45-27-13-26(38)22(34)12-20(27)28)14-35-23-4-2-3-15-6-9-24(32(41)42)36-29(15)23/h2-13,35,37H,14H2,1H3,(H,39,40)(H,41,42). The molecule has 12 heteroatoms. The summed E-state index contributed by atoms with van der Waals surface area (Å²) in [6.07, 6.45) is 0. The van der Waals surface area contributed by atoms with Crippen molar-refractivity contribution < 1.29 is 38.9 Å². The summed E-state index contributed by atoms with van der Waals surface area (Å²) < 4.78 is 11.0. The number of nitrogens with one attached hydrogen (secondary N) is 1. The normalized spacial score (nSPS) is 11.2. The number of ether oxygens (including phenoxy) is 1. The van der Waals surface area contributed by atoms with Crippen LogP contribution in [0.5, 0.6) is 5.75 Å². The van der Waals surface area contributed by atoms with Gasteiger partial charge < -0.3 is 29.8 Å². The van der Waals surface area contributed by atoms with Gasteiger partial charge in [0.25, 0.3) is 0 Å². The van der Waals surface area contributed by atoms with Crippen molar-refractivity contribution in [1.82, 2.24) is 4.98 Å². The summed E-state index contributed by atoms with van der Waals surface area (Å²) in [6, 6.07) is 17.7. The molecule has 0 atom stereocenters. The van der Waals surface area contributed by atoms with Crippen molar-refractivity contribution >= 4 is 57.1 Å². The van der Waals surface area contributed by atoms with Gasteiger partial charge >= 0.3 is 17.9 Å². The lowest BCUT2D eigenvalue weighted by atomic mass is 9.89. The molecule has 0 spiro atoms. The third-order valence-corrected chi connectivity index (χ3v) is 7.65. The number of halogens is 1. The number of anilines is 1. The molecule has 1 aliphatic carbocycles. The number of fused-ring (bicyclic) bond motifs is 3. The van der Waals surface area contributed by atoms with Gasteiger partial charge in [-0.05, 0) is 54.1 Å². The minimum absolute atomic E-state index is 0.0523. The maximum atomic E-state index is 12.6. The molecule has 0 radical (unpaired) electrons. The van der Waals surface area contributed by atoms with Crippen molar-refractivity contribution in [2.24, 2.45) is 0 Å². The number of rotatable bonds is 7. The Hall–Kier alpha value is -5.94. The number of methoxy groups -OCH3 is 1. The maximum absolute atomic E-state index is 12.6. The first-order chi connectivity index (χ1) is 21.6. The quantitative estimate of drug-likeness (QED) is 0.116. The molecule has 1 aromatic heterocycles. The van der Waals surface area contributed by atoms with E-state index in [1.165, 1.54) is 49.6 Å². The Morgan fingerprint density at radius 3 is 2.49 bits per heavy atom. The van der Waals surface area contributed by atoms with E-state index in [1.807, 2.05) is 0 Å². The highest BCUT2D eigenvalue weighted by atomic mass is 35.5. The zero-order valence-electron chi connectivity index (χ0n) is 23.3. The number of nitrogens with zero attached hydrogens (tertiary/aromatic N) is 1. The van der Waals surface area contributed by atoms with Crippen LogP contribution in [0.4, 0.5) is 5.69 Å². The van der Waals surface area contributed by atoms with E-state index in [0.29, 0.717) is 27.5 Å². The monoisotopic (exact) mass is 624 g/mol. The minimum atomic E-state index is -1.28. The van der Waals surface area contributed by atoms with Gasteiger partial charge in [-0.2, -0.15) is 0 Å². The van der Waals surface area contributed by atoms with Crippen molar-refractivity contribution in [3.8, 4) is 28.2 Å². The van der Waals surface area contributed by atoms with Crippen LogP contribution in [-0.2, 0) is 11.3 Å². The number of pyridine rings is 1. The number of carbonyl (C=O) groups is 3. The molecule has 11 nitrogen and oxygen atoms in total. The van der Waals surface area contributed by atoms with Crippen LogP contribution in [0.15, 0.2) is 82.0 Å². The first kappa shape index (κ1) is 29.1. The molecule has 0 unspecified atom stereocenters. The molecule has 0 bridgehead atoms. The van der Waals surface area contributed by atoms with Crippen LogP contribution in [0.3, 0.4) is 0 Å². The third-order valence-electron chi connectivity index (χ3n) is 7.36. The number of para-hydroxylation sites is 1. The first-order valence-corrected chi connectivity index (χ1v) is 13.7. The van der Waals surface area contributed by atoms with Crippen molar-refractivity contribution in [1.29, 1.82) is 0 Å². The fourth-order valence-corrected chi connectivity index (χ4v) is 5.40. The molecule has 0 fully saturated rings. The molecule has 224 valence electrons. The van der Waals surface area contributed by atoms with E-state index in [9.17, 15) is 34.5 Å². The Morgan fingerprint density at radius 1 is 0.956 bits per heavy atom. The summed E-state index contributed by atoms with van der Waals surface area (Å²) in [5.41, 5.74) is 1.15. The van der Waals surface area contributed by atoms with E-state index in [4.69, 9.17) is 20.8 Å². The van der Waals surface area contributed by atoms with Crippen molar-refractivity contribution in [2.45, 2.75) is 6.54 Å². The molecule has 2 heterocycles. The molecule has 0 amide bonds. The molecular weight excluding hydrogens is 604 g/mol. The lowest BCUT2D eigenvalue weighted by Gasteiger charge is -2.20. The molecule has 45 heavy (non-hydrogen) atoms. The average Bonchev–Trinajstić information content (AvgIpc) is 3.03. The zero-order chi connectivity index (χ0) is 32.0. The Labute approximate surface area is 258 Å². The summed E-state index contributed by atoms with van der Waals surface area (Å²) in [5, 5.41) is 34.6. The lowest BCUT2D eigenvalue weighted by molar-refractivity contribution is 0.0598. The number of carboxylic acids is 2. The van der Waals surface area contributed by atoms with Crippen LogP contribution in [-0.4, -0.2) is 45.3 Å². The van der Waals surface area contributed by atoms with E-state index in [2.05, 4.69) is 10.3 Å². The zero-order valence-corrected chi connectivity index (χ0v) is 24.0. The summed E-state index contributed by atoms with van der Waals surface area (Å²) in [5.74, 6) is -3.29. The number of aromatic carboxylic acids is 2. The Kier molecular flexibility index (Phi) is 7.31. The van der Waals surface area contributed by atoms with Gasteiger partial charge in [0.05, 0.1) is 40.0 Å². The molecule has 3 aromatic carbocycles. The van der Waals surface area contributed by atoms with Crippen LogP contribution in [0, 0.1) is 0 Å². The first-order valence-electron chi connectivity index (χ1n) is 13.3. The van der Waals surface area contributed by atoms with Gasteiger partial charge in [0.2, 0.25) is 5.43 Å². The van der Waals surface area contributed by atoms with Crippen molar-refractivity contribution in [3.05, 3.63) is 110 Å². The highest BCUT2D eigenvalue weighted by Gasteiger charge is 2.26. The average molecular weight is 625 g/mol. The maximum Gasteiger partial charge on any atom is 0.354 e. The Bertz CT molecular complexity index is 2240. The fraction of sp³-hybridized carbons (Fsp3) is 0.0606. The summed E-state index contributed by atoms with van der Waals surface area (Å²) in [4.78, 5) is 53.2. The Morgan fingerprint density at radius 2 is 1.76 bits per heavy atom. The minimum Gasteiger partial charge on any atom is -0.507 e. The number of benzene rings is 4.